The number of piperidine rings is 1. The summed E-state index contributed by atoms with van der Waals surface area (Å²) in [5.41, 5.74) is 2.31. The summed E-state index contributed by atoms with van der Waals surface area (Å²) in [6.07, 6.45) is 2.57. The number of rotatable bonds is 3. The summed E-state index contributed by atoms with van der Waals surface area (Å²) in [4.78, 5) is 2.40. The smallest absolute Gasteiger partial charge is 0.134 e. The minimum atomic E-state index is 0.604. The zero-order valence-electron chi connectivity index (χ0n) is 11.8. The highest BCUT2D eigenvalue weighted by atomic mass is 16.3. The molecule has 1 aromatic heterocycles. The Morgan fingerprint density at radius 2 is 2.21 bits per heavy atom. The van der Waals surface area contributed by atoms with E-state index >= 15 is 0 Å². The minimum Gasteiger partial charge on any atom is -0.461 e. The second kappa shape index (κ2) is 5.35. The Balaban J connectivity index is 1.73. The standard InChI is InChI=1S/C16H22N2O/c1-12-15(14-7-3-4-8-16(14)19-12)10-17-13-6-5-9-18(2)11-13/h3-4,7-8,13,17H,5-6,9-11H2,1-2H3. The molecule has 1 aromatic carbocycles. The number of hydrogen-bond donors (Lipinski definition) is 1. The fourth-order valence-electron chi connectivity index (χ4n) is 3.02. The van der Waals surface area contributed by atoms with E-state index in [0.717, 1.165) is 24.4 Å². The van der Waals surface area contributed by atoms with Gasteiger partial charge in [-0.1, -0.05) is 18.2 Å². The molecular formula is C16H22N2O. The average molecular weight is 258 g/mol. The van der Waals surface area contributed by atoms with Crippen molar-refractivity contribution >= 4 is 11.0 Å². The van der Waals surface area contributed by atoms with Crippen molar-refractivity contribution in [3.63, 3.8) is 0 Å². The molecule has 3 heteroatoms. The summed E-state index contributed by atoms with van der Waals surface area (Å²) in [5.74, 6) is 1.04. The lowest BCUT2D eigenvalue weighted by atomic mass is 10.1. The van der Waals surface area contributed by atoms with Crippen LogP contribution in [0.25, 0.3) is 11.0 Å². The van der Waals surface area contributed by atoms with Gasteiger partial charge in [-0.3, -0.25) is 0 Å². The molecule has 0 saturated carbocycles. The summed E-state index contributed by atoms with van der Waals surface area (Å²) in [7, 11) is 2.20. The second-order valence-corrected chi connectivity index (χ2v) is 5.62. The Morgan fingerprint density at radius 3 is 3.05 bits per heavy atom. The molecule has 2 aromatic rings. The SMILES string of the molecule is Cc1oc2ccccc2c1CNC1CCCN(C)C1. The van der Waals surface area contributed by atoms with Gasteiger partial charge in [0.05, 0.1) is 0 Å². The van der Waals surface area contributed by atoms with Crippen LogP contribution in [-0.2, 0) is 6.54 Å². The number of aryl methyl sites for hydroxylation is 1. The van der Waals surface area contributed by atoms with Gasteiger partial charge in [-0.2, -0.15) is 0 Å². The van der Waals surface area contributed by atoms with Crippen molar-refractivity contribution < 1.29 is 4.42 Å². The van der Waals surface area contributed by atoms with Crippen molar-refractivity contribution in [2.24, 2.45) is 0 Å². The number of para-hydroxylation sites is 1. The second-order valence-electron chi connectivity index (χ2n) is 5.62. The molecule has 102 valence electrons. The quantitative estimate of drug-likeness (QED) is 0.917. The Morgan fingerprint density at radius 1 is 1.37 bits per heavy atom. The topological polar surface area (TPSA) is 28.4 Å². The molecule has 19 heavy (non-hydrogen) atoms. The van der Waals surface area contributed by atoms with Crippen LogP contribution in [0, 0.1) is 6.92 Å². The molecule has 0 aliphatic carbocycles. The highest BCUT2D eigenvalue weighted by molar-refractivity contribution is 5.82. The molecule has 1 unspecified atom stereocenters. The van der Waals surface area contributed by atoms with Gasteiger partial charge in [0.1, 0.15) is 11.3 Å². The molecule has 0 spiro atoms. The molecule has 1 saturated heterocycles. The van der Waals surface area contributed by atoms with Crippen LogP contribution in [0.5, 0.6) is 0 Å². The van der Waals surface area contributed by atoms with Crippen LogP contribution in [0.1, 0.15) is 24.2 Å². The predicted octanol–water partition coefficient (Wildman–Crippen LogP) is 2.93. The van der Waals surface area contributed by atoms with Crippen molar-refractivity contribution in [3.05, 3.63) is 35.6 Å². The number of benzene rings is 1. The molecule has 0 bridgehead atoms. The first-order chi connectivity index (χ1) is 9.24. The molecule has 0 amide bonds. The third kappa shape index (κ3) is 2.67. The van der Waals surface area contributed by atoms with E-state index in [1.807, 2.05) is 12.1 Å². The van der Waals surface area contributed by atoms with Crippen LogP contribution >= 0.6 is 0 Å². The summed E-state index contributed by atoms with van der Waals surface area (Å²) in [6.45, 7) is 5.34. The number of hydrogen-bond acceptors (Lipinski definition) is 3. The van der Waals surface area contributed by atoms with Gasteiger partial charge in [-0.25, -0.2) is 0 Å². The average Bonchev–Trinajstić information content (AvgIpc) is 2.72. The fourth-order valence-corrected chi connectivity index (χ4v) is 3.02. The number of fused-ring (bicyclic) bond motifs is 1. The minimum absolute atomic E-state index is 0.604. The first-order valence-electron chi connectivity index (χ1n) is 7.13. The van der Waals surface area contributed by atoms with Crippen molar-refractivity contribution in [1.82, 2.24) is 10.2 Å². The summed E-state index contributed by atoms with van der Waals surface area (Å²) < 4.78 is 5.81. The van der Waals surface area contributed by atoms with Gasteiger partial charge >= 0.3 is 0 Å². The van der Waals surface area contributed by atoms with E-state index in [2.05, 4.69) is 36.3 Å². The normalized spacial score (nSPS) is 21.1. The van der Waals surface area contributed by atoms with E-state index < -0.39 is 0 Å². The Labute approximate surface area is 114 Å². The van der Waals surface area contributed by atoms with Crippen molar-refractivity contribution in [2.75, 3.05) is 20.1 Å². The molecule has 3 nitrogen and oxygen atoms in total. The summed E-state index contributed by atoms with van der Waals surface area (Å²) in [6, 6.07) is 8.90. The third-order valence-corrected chi connectivity index (χ3v) is 4.09. The predicted molar refractivity (Wildman–Crippen MR) is 78.3 cm³/mol. The van der Waals surface area contributed by atoms with Crippen LogP contribution in [-0.4, -0.2) is 31.1 Å². The Hall–Kier alpha value is -1.32. The molecule has 3 rings (SSSR count). The lowest BCUT2D eigenvalue weighted by Crippen LogP contribution is -2.43. The van der Waals surface area contributed by atoms with Gasteiger partial charge in [-0.05, 0) is 39.4 Å². The maximum absolute atomic E-state index is 5.81. The first-order valence-corrected chi connectivity index (χ1v) is 7.13. The Bertz CT molecular complexity index is 561. The van der Waals surface area contributed by atoms with Gasteiger partial charge < -0.3 is 14.6 Å². The zero-order chi connectivity index (χ0) is 13.2. The highest BCUT2D eigenvalue weighted by Gasteiger charge is 2.18. The van der Waals surface area contributed by atoms with E-state index in [4.69, 9.17) is 4.42 Å². The molecule has 1 aliphatic heterocycles. The maximum atomic E-state index is 5.81. The van der Waals surface area contributed by atoms with Gasteiger partial charge in [0.15, 0.2) is 0 Å². The van der Waals surface area contributed by atoms with Crippen molar-refractivity contribution in [2.45, 2.75) is 32.4 Å². The third-order valence-electron chi connectivity index (χ3n) is 4.09. The zero-order valence-corrected chi connectivity index (χ0v) is 11.8. The maximum Gasteiger partial charge on any atom is 0.134 e. The van der Waals surface area contributed by atoms with Crippen LogP contribution < -0.4 is 5.32 Å². The molecule has 2 heterocycles. The molecule has 1 N–H and O–H groups in total. The van der Waals surface area contributed by atoms with Crippen molar-refractivity contribution in [3.8, 4) is 0 Å². The molecular weight excluding hydrogens is 236 g/mol. The summed E-state index contributed by atoms with van der Waals surface area (Å²) >= 11 is 0. The molecule has 1 aliphatic rings. The van der Waals surface area contributed by atoms with E-state index in [1.54, 1.807) is 0 Å². The van der Waals surface area contributed by atoms with Gasteiger partial charge in [0.2, 0.25) is 0 Å². The number of furan rings is 1. The Kier molecular flexibility index (Phi) is 3.58. The van der Waals surface area contributed by atoms with E-state index in [0.29, 0.717) is 6.04 Å². The fraction of sp³-hybridized carbons (Fsp3) is 0.500. The number of nitrogens with one attached hydrogen (secondary N) is 1. The lowest BCUT2D eigenvalue weighted by molar-refractivity contribution is 0.226. The number of likely N-dealkylation sites (tertiary alicyclic amines) is 1. The van der Waals surface area contributed by atoms with Crippen molar-refractivity contribution in [1.29, 1.82) is 0 Å². The lowest BCUT2D eigenvalue weighted by Gasteiger charge is -2.30. The molecule has 1 fully saturated rings. The molecule has 1 atom stereocenters. The largest absolute Gasteiger partial charge is 0.461 e. The monoisotopic (exact) mass is 258 g/mol. The molecule has 0 radical (unpaired) electrons. The van der Waals surface area contributed by atoms with Crippen LogP contribution in [0.4, 0.5) is 0 Å². The number of nitrogens with zero attached hydrogens (tertiary/aromatic N) is 1. The van der Waals surface area contributed by atoms with Crippen LogP contribution in [0.3, 0.4) is 0 Å². The first kappa shape index (κ1) is 12.7. The van der Waals surface area contributed by atoms with Gasteiger partial charge in [0.25, 0.3) is 0 Å². The van der Waals surface area contributed by atoms with Gasteiger partial charge in [-0.15, -0.1) is 0 Å². The van der Waals surface area contributed by atoms with E-state index in [1.165, 1.54) is 30.3 Å². The highest BCUT2D eigenvalue weighted by Crippen LogP contribution is 2.25. The number of likely N-dealkylation sites (N-methyl/N-ethyl adjacent to an activating group) is 1. The van der Waals surface area contributed by atoms with E-state index in [9.17, 15) is 0 Å². The van der Waals surface area contributed by atoms with Gasteiger partial charge in [0, 0.05) is 30.1 Å². The summed E-state index contributed by atoms with van der Waals surface area (Å²) in [5, 5.41) is 4.93. The van der Waals surface area contributed by atoms with E-state index in [-0.39, 0.29) is 0 Å². The van der Waals surface area contributed by atoms with Crippen LogP contribution in [0.15, 0.2) is 28.7 Å². The van der Waals surface area contributed by atoms with Crippen LogP contribution in [0.2, 0.25) is 0 Å².